The molecule has 114 valence electrons. The molecule has 1 rings (SSSR count). The Balaban J connectivity index is 2.55. The highest BCUT2D eigenvalue weighted by atomic mass is 15.1. The highest BCUT2D eigenvalue weighted by Gasteiger charge is 2.31. The lowest BCUT2D eigenvalue weighted by atomic mass is 9.73. The fourth-order valence-electron chi connectivity index (χ4n) is 3.68. The zero-order chi connectivity index (χ0) is 14.4. The zero-order valence-electron chi connectivity index (χ0n) is 14.1. The quantitative estimate of drug-likeness (QED) is 0.756. The van der Waals surface area contributed by atoms with Gasteiger partial charge in [0.05, 0.1) is 0 Å². The van der Waals surface area contributed by atoms with Crippen LogP contribution in [0.25, 0.3) is 0 Å². The van der Waals surface area contributed by atoms with Gasteiger partial charge in [-0.2, -0.15) is 0 Å². The van der Waals surface area contributed by atoms with Crippen molar-refractivity contribution in [2.24, 2.45) is 17.8 Å². The lowest BCUT2D eigenvalue weighted by Crippen LogP contribution is -2.46. The first kappa shape index (κ1) is 17.0. The molecule has 0 bridgehead atoms. The molecule has 1 N–H and O–H groups in total. The van der Waals surface area contributed by atoms with Crippen molar-refractivity contribution in [1.82, 2.24) is 10.2 Å². The van der Waals surface area contributed by atoms with Crippen LogP contribution in [0.1, 0.15) is 59.8 Å². The van der Waals surface area contributed by atoms with E-state index >= 15 is 0 Å². The van der Waals surface area contributed by atoms with Gasteiger partial charge >= 0.3 is 0 Å². The van der Waals surface area contributed by atoms with Crippen LogP contribution < -0.4 is 5.32 Å². The first-order valence-electron chi connectivity index (χ1n) is 8.37. The largest absolute Gasteiger partial charge is 0.317 e. The highest BCUT2D eigenvalue weighted by Crippen LogP contribution is 2.34. The first-order valence-corrected chi connectivity index (χ1v) is 8.37. The lowest BCUT2D eigenvalue weighted by Gasteiger charge is -2.40. The summed E-state index contributed by atoms with van der Waals surface area (Å²) in [6, 6.07) is 1.45. The molecule has 0 radical (unpaired) electrons. The van der Waals surface area contributed by atoms with Crippen LogP contribution in [0.5, 0.6) is 0 Å². The molecule has 0 aromatic heterocycles. The van der Waals surface area contributed by atoms with E-state index in [1.54, 1.807) is 0 Å². The number of rotatable bonds is 7. The smallest absolute Gasteiger partial charge is 0.0105 e. The molecule has 4 atom stereocenters. The molecule has 0 heterocycles. The fourth-order valence-corrected chi connectivity index (χ4v) is 3.68. The molecule has 1 aliphatic rings. The lowest BCUT2D eigenvalue weighted by molar-refractivity contribution is 0.118. The molecular weight excluding hydrogens is 232 g/mol. The second-order valence-corrected chi connectivity index (χ2v) is 7.05. The summed E-state index contributed by atoms with van der Waals surface area (Å²) in [5, 5.41) is 3.56. The first-order chi connectivity index (χ1) is 8.99. The molecule has 1 saturated carbocycles. The van der Waals surface area contributed by atoms with Gasteiger partial charge in [-0.1, -0.05) is 27.2 Å². The van der Waals surface area contributed by atoms with Crippen LogP contribution in [0.3, 0.4) is 0 Å². The van der Waals surface area contributed by atoms with Crippen LogP contribution in [0.4, 0.5) is 0 Å². The van der Waals surface area contributed by atoms with E-state index < -0.39 is 0 Å². The summed E-state index contributed by atoms with van der Waals surface area (Å²) in [5.41, 5.74) is 0. The summed E-state index contributed by atoms with van der Waals surface area (Å²) in [6.45, 7) is 10.7. The van der Waals surface area contributed by atoms with Gasteiger partial charge in [0, 0.05) is 18.6 Å². The van der Waals surface area contributed by atoms with E-state index in [1.807, 2.05) is 0 Å². The maximum absolute atomic E-state index is 3.56. The summed E-state index contributed by atoms with van der Waals surface area (Å²) in [7, 11) is 4.45. The molecule has 19 heavy (non-hydrogen) atoms. The molecule has 4 unspecified atom stereocenters. The Hall–Kier alpha value is -0.0800. The standard InChI is InChI=1S/C17H36N2/c1-7-8-14(4)19(6)12-16-11-15(13(2)3)9-10-17(16)18-5/h13-18H,7-12H2,1-6H3. The summed E-state index contributed by atoms with van der Waals surface area (Å²) < 4.78 is 0. The van der Waals surface area contributed by atoms with Crippen molar-refractivity contribution in [3.8, 4) is 0 Å². The Morgan fingerprint density at radius 2 is 1.89 bits per heavy atom. The van der Waals surface area contributed by atoms with E-state index in [9.17, 15) is 0 Å². The molecule has 0 aromatic carbocycles. The van der Waals surface area contributed by atoms with Gasteiger partial charge in [-0.3, -0.25) is 0 Å². The van der Waals surface area contributed by atoms with Gasteiger partial charge in [0.2, 0.25) is 0 Å². The van der Waals surface area contributed by atoms with Crippen LogP contribution >= 0.6 is 0 Å². The van der Waals surface area contributed by atoms with Gasteiger partial charge in [-0.25, -0.2) is 0 Å². The maximum atomic E-state index is 3.56. The van der Waals surface area contributed by atoms with E-state index in [2.05, 4.69) is 52.0 Å². The van der Waals surface area contributed by atoms with Crippen LogP contribution in [0.15, 0.2) is 0 Å². The molecule has 0 spiro atoms. The van der Waals surface area contributed by atoms with E-state index in [1.165, 1.54) is 38.6 Å². The van der Waals surface area contributed by atoms with E-state index in [-0.39, 0.29) is 0 Å². The van der Waals surface area contributed by atoms with Crippen molar-refractivity contribution in [3.05, 3.63) is 0 Å². The third kappa shape index (κ3) is 5.07. The topological polar surface area (TPSA) is 15.3 Å². The third-order valence-electron chi connectivity index (χ3n) is 5.32. The van der Waals surface area contributed by atoms with Crippen molar-refractivity contribution >= 4 is 0 Å². The van der Waals surface area contributed by atoms with Gasteiger partial charge in [0.25, 0.3) is 0 Å². The SMILES string of the molecule is CCCC(C)N(C)CC1CC(C(C)C)CCC1NC. The molecule has 0 amide bonds. The van der Waals surface area contributed by atoms with Crippen molar-refractivity contribution in [2.75, 3.05) is 20.6 Å². The Kier molecular flexibility index (Phi) is 7.38. The Morgan fingerprint density at radius 1 is 1.21 bits per heavy atom. The van der Waals surface area contributed by atoms with Gasteiger partial charge in [-0.15, -0.1) is 0 Å². The predicted molar refractivity (Wildman–Crippen MR) is 85.5 cm³/mol. The Morgan fingerprint density at radius 3 is 2.42 bits per heavy atom. The third-order valence-corrected chi connectivity index (χ3v) is 5.32. The number of nitrogens with one attached hydrogen (secondary N) is 1. The Labute approximate surface area is 121 Å². The summed E-state index contributed by atoms with van der Waals surface area (Å²) in [5.74, 6) is 2.61. The summed E-state index contributed by atoms with van der Waals surface area (Å²) >= 11 is 0. The average Bonchev–Trinajstić information content (AvgIpc) is 2.38. The van der Waals surface area contributed by atoms with Crippen molar-refractivity contribution in [3.63, 3.8) is 0 Å². The Bertz CT molecular complexity index is 239. The molecule has 2 nitrogen and oxygen atoms in total. The van der Waals surface area contributed by atoms with E-state index in [4.69, 9.17) is 0 Å². The minimum atomic E-state index is 0.724. The van der Waals surface area contributed by atoms with E-state index in [0.717, 1.165) is 29.8 Å². The van der Waals surface area contributed by atoms with Crippen LogP contribution in [0, 0.1) is 17.8 Å². The van der Waals surface area contributed by atoms with Gasteiger partial charge in [0.1, 0.15) is 0 Å². The van der Waals surface area contributed by atoms with Crippen LogP contribution in [-0.2, 0) is 0 Å². The minimum absolute atomic E-state index is 0.724. The molecule has 1 aliphatic carbocycles. The average molecular weight is 268 g/mol. The molecule has 0 aromatic rings. The zero-order valence-corrected chi connectivity index (χ0v) is 14.1. The molecular formula is C17H36N2. The summed E-state index contributed by atoms with van der Waals surface area (Å²) in [4.78, 5) is 2.58. The van der Waals surface area contributed by atoms with Crippen LogP contribution in [-0.4, -0.2) is 37.6 Å². The highest BCUT2D eigenvalue weighted by molar-refractivity contribution is 4.87. The normalized spacial score (nSPS) is 30.0. The number of nitrogens with zero attached hydrogens (tertiary/aromatic N) is 1. The summed E-state index contributed by atoms with van der Waals surface area (Å²) in [6.07, 6.45) is 6.79. The molecule has 2 heteroatoms. The van der Waals surface area contributed by atoms with Crippen molar-refractivity contribution in [2.45, 2.75) is 71.9 Å². The molecule has 1 fully saturated rings. The van der Waals surface area contributed by atoms with Crippen LogP contribution in [0.2, 0.25) is 0 Å². The van der Waals surface area contributed by atoms with Gasteiger partial charge < -0.3 is 10.2 Å². The predicted octanol–water partition coefficient (Wildman–Crippen LogP) is 3.77. The van der Waals surface area contributed by atoms with Gasteiger partial charge in [-0.05, 0) is 64.5 Å². The van der Waals surface area contributed by atoms with E-state index in [0.29, 0.717) is 0 Å². The van der Waals surface area contributed by atoms with Crippen molar-refractivity contribution in [1.29, 1.82) is 0 Å². The molecule has 0 aliphatic heterocycles. The fraction of sp³-hybridized carbons (Fsp3) is 1.00. The van der Waals surface area contributed by atoms with Gasteiger partial charge in [0.15, 0.2) is 0 Å². The number of hydrogen-bond acceptors (Lipinski definition) is 2. The van der Waals surface area contributed by atoms with Crippen molar-refractivity contribution < 1.29 is 0 Å². The minimum Gasteiger partial charge on any atom is -0.317 e. The monoisotopic (exact) mass is 268 g/mol. The second kappa shape index (κ2) is 8.26. The number of hydrogen-bond donors (Lipinski definition) is 1. The maximum Gasteiger partial charge on any atom is 0.0105 e. The second-order valence-electron chi connectivity index (χ2n) is 7.05. The molecule has 0 saturated heterocycles.